The molecule has 0 radical (unpaired) electrons. The molecule has 0 spiro atoms. The molecule has 0 heterocycles. The highest BCUT2D eigenvalue weighted by molar-refractivity contribution is 5.86. The maximum atomic E-state index is 11.7. The molecule has 0 aliphatic carbocycles. The Morgan fingerprint density at radius 2 is 1.33 bits per heavy atom. The van der Waals surface area contributed by atoms with Crippen LogP contribution >= 0.6 is 0 Å². The lowest BCUT2D eigenvalue weighted by Crippen LogP contribution is -2.19. The molecule has 1 unspecified atom stereocenters. The molecule has 0 aromatic heterocycles. The third-order valence-corrected chi connectivity index (χ3v) is 6.60. The number of hydrogen-bond donors (Lipinski definition) is 2. The second-order valence-corrected chi connectivity index (χ2v) is 11.3. The van der Waals surface area contributed by atoms with E-state index in [0.29, 0.717) is 5.75 Å². The number of carboxylic acid groups (broad SMARTS) is 1. The molecule has 2 aromatic carbocycles. The summed E-state index contributed by atoms with van der Waals surface area (Å²) in [5, 5.41) is 21.0. The summed E-state index contributed by atoms with van der Waals surface area (Å²) in [7, 11) is 0. The van der Waals surface area contributed by atoms with Crippen molar-refractivity contribution in [3.05, 3.63) is 75.4 Å². The van der Waals surface area contributed by atoms with Crippen molar-refractivity contribution in [2.75, 3.05) is 0 Å². The van der Waals surface area contributed by atoms with E-state index in [9.17, 15) is 15.0 Å². The molecular weight excluding hydrogens is 408 g/mol. The van der Waals surface area contributed by atoms with Crippen molar-refractivity contribution in [2.45, 2.75) is 98.3 Å². The fourth-order valence-electron chi connectivity index (χ4n) is 4.49. The number of aromatic hydroxyl groups is 1. The molecule has 3 nitrogen and oxygen atoms in total. The van der Waals surface area contributed by atoms with Crippen molar-refractivity contribution in [3.63, 3.8) is 0 Å². The summed E-state index contributed by atoms with van der Waals surface area (Å²) in [5.41, 5.74) is 7.32. The average molecular weight is 451 g/mol. The standard InChI is InChI=1S/C30H42O3/c1-11-20-14-22(24(13-18(3)28(32)33)25(16-20)29(5,6)7)19(4)23-15-21(12-2)17-26(27(23)31)30(8,9)10/h14-17,19,31H,3,11-13H2,1-2,4-10H3,(H,32,33). The minimum Gasteiger partial charge on any atom is -0.507 e. The first kappa shape index (κ1) is 26.7. The Kier molecular flexibility index (Phi) is 7.89. The second kappa shape index (κ2) is 9.75. The Bertz CT molecular complexity index is 1050. The van der Waals surface area contributed by atoms with Gasteiger partial charge in [-0.05, 0) is 57.1 Å². The summed E-state index contributed by atoms with van der Waals surface area (Å²) in [6.07, 6.45) is 2.05. The molecule has 0 fully saturated rings. The Hall–Kier alpha value is -2.55. The number of aryl methyl sites for hydroxylation is 2. The van der Waals surface area contributed by atoms with Gasteiger partial charge in [-0.3, -0.25) is 0 Å². The Morgan fingerprint density at radius 3 is 1.76 bits per heavy atom. The predicted octanol–water partition coefficient (Wildman–Crippen LogP) is 7.45. The Morgan fingerprint density at radius 1 is 0.879 bits per heavy atom. The minimum atomic E-state index is -0.973. The molecule has 3 heteroatoms. The number of carbonyl (C=O) groups is 1. The lowest BCUT2D eigenvalue weighted by Gasteiger charge is -2.30. The van der Waals surface area contributed by atoms with Crippen LogP contribution < -0.4 is 0 Å². The second-order valence-electron chi connectivity index (χ2n) is 11.3. The molecule has 180 valence electrons. The first-order valence-corrected chi connectivity index (χ1v) is 12.0. The zero-order valence-corrected chi connectivity index (χ0v) is 22.0. The van der Waals surface area contributed by atoms with Gasteiger partial charge in [0, 0.05) is 23.5 Å². The molecule has 0 amide bonds. The van der Waals surface area contributed by atoms with Crippen LogP contribution in [0.3, 0.4) is 0 Å². The van der Waals surface area contributed by atoms with Gasteiger partial charge < -0.3 is 10.2 Å². The van der Waals surface area contributed by atoms with E-state index in [1.165, 1.54) is 11.1 Å². The van der Waals surface area contributed by atoms with Gasteiger partial charge in [0.2, 0.25) is 0 Å². The number of phenolic OH excluding ortho intramolecular Hbond substituents is 1. The maximum Gasteiger partial charge on any atom is 0.331 e. The van der Waals surface area contributed by atoms with Crippen LogP contribution in [0.1, 0.15) is 107 Å². The van der Waals surface area contributed by atoms with Gasteiger partial charge in [-0.1, -0.05) is 93.2 Å². The van der Waals surface area contributed by atoms with Gasteiger partial charge in [-0.15, -0.1) is 0 Å². The predicted molar refractivity (Wildman–Crippen MR) is 139 cm³/mol. The molecular formula is C30H42O3. The van der Waals surface area contributed by atoms with E-state index < -0.39 is 5.97 Å². The Balaban J connectivity index is 2.88. The zero-order chi connectivity index (χ0) is 25.3. The van der Waals surface area contributed by atoms with Crippen molar-refractivity contribution >= 4 is 5.97 Å². The molecule has 0 saturated carbocycles. The van der Waals surface area contributed by atoms with Crippen LogP contribution in [0.2, 0.25) is 0 Å². The molecule has 2 N–H and O–H groups in total. The van der Waals surface area contributed by atoms with Crippen LogP contribution in [0, 0.1) is 0 Å². The van der Waals surface area contributed by atoms with Crippen molar-refractivity contribution in [1.29, 1.82) is 0 Å². The fraction of sp³-hybridized carbons (Fsp3) is 0.500. The van der Waals surface area contributed by atoms with E-state index in [1.807, 2.05) is 0 Å². The lowest BCUT2D eigenvalue weighted by molar-refractivity contribution is -0.132. The molecule has 33 heavy (non-hydrogen) atoms. The minimum absolute atomic E-state index is 0.0956. The quantitative estimate of drug-likeness (QED) is 0.431. The molecule has 0 aliphatic rings. The number of rotatable bonds is 7. The average Bonchev–Trinajstić information content (AvgIpc) is 2.71. The molecule has 0 saturated heterocycles. The molecule has 2 aromatic rings. The van der Waals surface area contributed by atoms with Crippen LogP contribution in [0.4, 0.5) is 0 Å². The van der Waals surface area contributed by atoms with Crippen LogP contribution in [-0.2, 0) is 34.9 Å². The third kappa shape index (κ3) is 5.88. The highest BCUT2D eigenvalue weighted by Gasteiger charge is 2.28. The van der Waals surface area contributed by atoms with E-state index in [1.54, 1.807) is 0 Å². The van der Waals surface area contributed by atoms with Crippen LogP contribution in [0.15, 0.2) is 36.4 Å². The Labute approximate surface area is 200 Å². The zero-order valence-electron chi connectivity index (χ0n) is 22.0. The van der Waals surface area contributed by atoms with Crippen LogP contribution in [-0.4, -0.2) is 16.2 Å². The number of hydrogen-bond acceptors (Lipinski definition) is 2. The van der Waals surface area contributed by atoms with Gasteiger partial charge in [0.25, 0.3) is 0 Å². The number of carboxylic acids is 1. The van der Waals surface area contributed by atoms with Gasteiger partial charge in [-0.2, -0.15) is 0 Å². The van der Waals surface area contributed by atoms with E-state index in [4.69, 9.17) is 0 Å². The number of phenols is 1. The van der Waals surface area contributed by atoms with Crippen molar-refractivity contribution in [1.82, 2.24) is 0 Å². The van der Waals surface area contributed by atoms with Gasteiger partial charge in [0.1, 0.15) is 5.75 Å². The summed E-state index contributed by atoms with van der Waals surface area (Å²) in [6.45, 7) is 23.1. The van der Waals surface area contributed by atoms with E-state index in [-0.39, 0.29) is 28.7 Å². The lowest BCUT2D eigenvalue weighted by atomic mass is 9.75. The largest absolute Gasteiger partial charge is 0.507 e. The van der Waals surface area contributed by atoms with E-state index >= 15 is 0 Å². The first-order valence-electron chi connectivity index (χ1n) is 12.0. The third-order valence-electron chi connectivity index (χ3n) is 6.60. The number of aliphatic carboxylic acids is 1. The first-order chi connectivity index (χ1) is 15.1. The normalized spacial score (nSPS) is 13.1. The topological polar surface area (TPSA) is 57.5 Å². The summed E-state index contributed by atoms with van der Waals surface area (Å²) in [5.74, 6) is -0.727. The van der Waals surface area contributed by atoms with Gasteiger partial charge >= 0.3 is 5.97 Å². The highest BCUT2D eigenvalue weighted by atomic mass is 16.4. The molecule has 2 rings (SSSR count). The summed E-state index contributed by atoms with van der Waals surface area (Å²) < 4.78 is 0. The smallest absolute Gasteiger partial charge is 0.331 e. The highest BCUT2D eigenvalue weighted by Crippen LogP contribution is 2.43. The summed E-state index contributed by atoms with van der Waals surface area (Å²) in [6, 6.07) is 8.63. The maximum absolute atomic E-state index is 11.7. The summed E-state index contributed by atoms with van der Waals surface area (Å²) in [4.78, 5) is 11.7. The SMILES string of the molecule is C=C(Cc1c(C(C)c2cc(CC)cc(C(C)(C)C)c2O)cc(CC)cc1C(C)(C)C)C(=O)O. The van der Waals surface area contributed by atoms with Crippen molar-refractivity contribution < 1.29 is 15.0 Å². The molecule has 1 atom stereocenters. The fourth-order valence-corrected chi connectivity index (χ4v) is 4.49. The van der Waals surface area contributed by atoms with Gasteiger partial charge in [-0.25, -0.2) is 4.79 Å². The van der Waals surface area contributed by atoms with Crippen LogP contribution in [0.25, 0.3) is 0 Å². The number of benzene rings is 2. The van der Waals surface area contributed by atoms with Gasteiger partial charge in [0.15, 0.2) is 0 Å². The molecule has 0 aliphatic heterocycles. The summed E-state index contributed by atoms with van der Waals surface area (Å²) >= 11 is 0. The molecule has 0 bridgehead atoms. The van der Waals surface area contributed by atoms with Gasteiger partial charge in [0.05, 0.1) is 0 Å². The van der Waals surface area contributed by atoms with Crippen molar-refractivity contribution in [2.24, 2.45) is 0 Å². The monoisotopic (exact) mass is 450 g/mol. The van der Waals surface area contributed by atoms with Crippen molar-refractivity contribution in [3.8, 4) is 5.75 Å². The van der Waals surface area contributed by atoms with Crippen LogP contribution in [0.5, 0.6) is 5.75 Å². The van der Waals surface area contributed by atoms with E-state index in [2.05, 4.69) is 93.2 Å². The van der Waals surface area contributed by atoms with E-state index in [0.717, 1.165) is 40.7 Å².